The van der Waals surface area contributed by atoms with Gasteiger partial charge in [0.05, 0.1) is 42.3 Å². The van der Waals surface area contributed by atoms with Crippen LogP contribution in [0.15, 0.2) is 49.2 Å². The first-order valence-electron chi connectivity index (χ1n) is 12.9. The Morgan fingerprint density at radius 2 is 1.95 bits per heavy atom. The van der Waals surface area contributed by atoms with E-state index in [9.17, 15) is 9.59 Å². The molecular weight excluding hydrogens is 474 g/mol. The average molecular weight is 503 g/mol. The lowest BCUT2D eigenvalue weighted by molar-refractivity contribution is -0.117. The van der Waals surface area contributed by atoms with E-state index >= 15 is 0 Å². The van der Waals surface area contributed by atoms with E-state index in [4.69, 9.17) is 8.85 Å². The van der Waals surface area contributed by atoms with Crippen molar-refractivity contribution in [1.29, 1.82) is 0 Å². The predicted octanol–water partition coefficient (Wildman–Crippen LogP) is 2.79. The van der Waals surface area contributed by atoms with Gasteiger partial charge in [0.1, 0.15) is 0 Å². The van der Waals surface area contributed by atoms with Gasteiger partial charge in [-0.3, -0.25) is 9.59 Å². The number of para-hydroxylation sites is 1. The highest BCUT2D eigenvalue weighted by Crippen LogP contribution is 2.37. The van der Waals surface area contributed by atoms with Crippen molar-refractivity contribution in [3.8, 4) is 28.4 Å². The molecule has 0 radical (unpaired) electrons. The maximum Gasteiger partial charge on any atom is 0.273 e. The molecule has 12 heteroatoms. The molecule has 2 amide bonds. The Morgan fingerprint density at radius 1 is 1.14 bits per heavy atom. The van der Waals surface area contributed by atoms with Crippen molar-refractivity contribution < 1.29 is 18.4 Å². The van der Waals surface area contributed by atoms with Crippen LogP contribution in [-0.4, -0.2) is 55.6 Å². The first-order chi connectivity index (χ1) is 19.1. The Morgan fingerprint density at radius 3 is 2.62 bits per heavy atom. The molecule has 3 heterocycles. The lowest BCUT2D eigenvalue weighted by atomic mass is 10.1. The molecule has 1 aliphatic rings. The number of hydrogen-bond donors (Lipinski definition) is 3. The number of amides is 2. The van der Waals surface area contributed by atoms with Gasteiger partial charge in [-0.15, -0.1) is 10.2 Å². The quantitative estimate of drug-likeness (QED) is 0.331. The second-order valence-electron chi connectivity index (χ2n) is 8.41. The molecule has 0 saturated heterocycles. The second-order valence-corrected chi connectivity index (χ2v) is 8.41. The van der Waals surface area contributed by atoms with Gasteiger partial charge in [-0.1, -0.05) is 6.07 Å². The van der Waals surface area contributed by atoms with Crippen LogP contribution < -0.4 is 20.7 Å². The largest absolute Gasteiger partial charge is 0.494 e. The lowest BCUT2D eigenvalue weighted by Crippen LogP contribution is -2.22. The van der Waals surface area contributed by atoms with Gasteiger partial charge in [-0.05, 0) is 25.0 Å². The molecule has 0 spiro atoms. The monoisotopic (exact) mass is 502 g/mol. The molecule has 188 valence electrons. The number of methoxy groups -OCH3 is 1. The first-order valence-corrected chi connectivity index (χ1v) is 11.4. The second kappa shape index (κ2) is 10.0. The van der Waals surface area contributed by atoms with E-state index in [-0.39, 0.29) is 29.0 Å². The summed E-state index contributed by atoms with van der Waals surface area (Å²) in [7, 11) is 3.35. The summed E-state index contributed by atoms with van der Waals surface area (Å²) in [6, 6.07) is 6.62. The fourth-order valence-corrected chi connectivity index (χ4v) is 3.76. The number of imidazole rings is 1. The summed E-state index contributed by atoms with van der Waals surface area (Å²) in [6.45, 7) is -2.74. The SMILES string of the molecule is [2H]C([2H])([2H])NC(=O)c1nnc(NC(=O)C2CC2)cc1Nc1cccc(-c2ncc(-c3cncn3C)cn2)c1OC. The summed E-state index contributed by atoms with van der Waals surface area (Å²) in [5.74, 6) is -0.410. The molecule has 37 heavy (non-hydrogen) atoms. The van der Waals surface area contributed by atoms with Crippen molar-refractivity contribution in [2.45, 2.75) is 12.8 Å². The number of hydrogen-bond acceptors (Lipinski definition) is 9. The van der Waals surface area contributed by atoms with E-state index in [1.165, 1.54) is 13.2 Å². The molecule has 1 saturated carbocycles. The summed E-state index contributed by atoms with van der Waals surface area (Å²) in [5.41, 5.74) is 2.42. The van der Waals surface area contributed by atoms with Crippen LogP contribution >= 0.6 is 0 Å². The minimum absolute atomic E-state index is 0.0854. The molecule has 12 nitrogen and oxygen atoms in total. The molecule has 3 N–H and O–H groups in total. The maximum absolute atomic E-state index is 12.8. The van der Waals surface area contributed by atoms with Crippen LogP contribution in [0.3, 0.4) is 0 Å². The van der Waals surface area contributed by atoms with E-state index in [1.54, 1.807) is 43.1 Å². The number of ether oxygens (including phenoxy) is 1. The summed E-state index contributed by atoms with van der Waals surface area (Å²) >= 11 is 0. The first kappa shape index (κ1) is 20.3. The van der Waals surface area contributed by atoms with Crippen LogP contribution in [0.25, 0.3) is 22.6 Å². The highest BCUT2D eigenvalue weighted by molar-refractivity contribution is 6.00. The molecule has 4 aromatic rings. The van der Waals surface area contributed by atoms with Gasteiger partial charge < -0.3 is 25.3 Å². The minimum Gasteiger partial charge on any atom is -0.494 e. The van der Waals surface area contributed by atoms with E-state index in [1.807, 2.05) is 16.9 Å². The Balaban J connectivity index is 1.49. The average Bonchev–Trinajstić information content (AvgIpc) is 3.68. The van der Waals surface area contributed by atoms with Crippen LogP contribution in [-0.2, 0) is 11.8 Å². The van der Waals surface area contributed by atoms with E-state index in [0.29, 0.717) is 22.8 Å². The highest BCUT2D eigenvalue weighted by Gasteiger charge is 2.30. The molecule has 3 aromatic heterocycles. The van der Waals surface area contributed by atoms with Crippen LogP contribution in [0.4, 0.5) is 17.2 Å². The normalized spacial score (nSPS) is 14.2. The Bertz CT molecular complexity index is 1570. The number of nitrogens with one attached hydrogen (secondary N) is 3. The summed E-state index contributed by atoms with van der Waals surface area (Å²) < 4.78 is 29.7. The number of carbonyl (C=O) groups is 2. The fourth-order valence-electron chi connectivity index (χ4n) is 3.76. The van der Waals surface area contributed by atoms with Crippen molar-refractivity contribution in [3.63, 3.8) is 0 Å². The van der Waals surface area contributed by atoms with Gasteiger partial charge in [0.25, 0.3) is 5.91 Å². The van der Waals surface area contributed by atoms with Gasteiger partial charge in [-0.2, -0.15) is 0 Å². The minimum atomic E-state index is -2.74. The van der Waals surface area contributed by atoms with Crippen molar-refractivity contribution in [1.82, 2.24) is 35.0 Å². The molecule has 1 aromatic carbocycles. The molecular formula is C25H25N9O3. The molecule has 0 aliphatic heterocycles. The number of aryl methyl sites for hydroxylation is 1. The Kier molecular flexibility index (Phi) is 5.50. The van der Waals surface area contributed by atoms with E-state index in [2.05, 4.69) is 35.8 Å². The smallest absolute Gasteiger partial charge is 0.273 e. The van der Waals surface area contributed by atoms with Gasteiger partial charge in [0, 0.05) is 48.1 Å². The predicted molar refractivity (Wildman–Crippen MR) is 136 cm³/mol. The van der Waals surface area contributed by atoms with Gasteiger partial charge >= 0.3 is 0 Å². The van der Waals surface area contributed by atoms with Gasteiger partial charge in [-0.25, -0.2) is 15.0 Å². The third-order valence-corrected chi connectivity index (χ3v) is 5.82. The number of aromatic nitrogens is 6. The van der Waals surface area contributed by atoms with Crippen LogP contribution in [0, 0.1) is 5.92 Å². The zero-order valence-electron chi connectivity index (χ0n) is 23.0. The summed E-state index contributed by atoms with van der Waals surface area (Å²) in [6.07, 6.45) is 8.34. The fraction of sp³-hybridized carbons (Fsp3) is 0.240. The summed E-state index contributed by atoms with van der Waals surface area (Å²) in [5, 5.41) is 15.5. The molecule has 1 fully saturated rings. The number of benzene rings is 1. The van der Waals surface area contributed by atoms with Crippen molar-refractivity contribution in [2.75, 3.05) is 24.7 Å². The van der Waals surface area contributed by atoms with Crippen molar-refractivity contribution in [3.05, 3.63) is 54.9 Å². The number of nitrogens with zero attached hydrogens (tertiary/aromatic N) is 6. The van der Waals surface area contributed by atoms with Crippen LogP contribution in [0.2, 0.25) is 0 Å². The third kappa shape index (κ3) is 4.94. The molecule has 5 rings (SSSR count). The number of carbonyl (C=O) groups excluding carboxylic acids is 2. The molecule has 0 atom stereocenters. The van der Waals surface area contributed by atoms with Crippen LogP contribution in [0.5, 0.6) is 5.75 Å². The highest BCUT2D eigenvalue weighted by atomic mass is 16.5. The van der Waals surface area contributed by atoms with Gasteiger partial charge in [0.15, 0.2) is 23.1 Å². The zero-order chi connectivity index (χ0) is 28.4. The van der Waals surface area contributed by atoms with Crippen molar-refractivity contribution >= 4 is 29.0 Å². The zero-order valence-corrected chi connectivity index (χ0v) is 20.0. The number of anilines is 3. The summed E-state index contributed by atoms with van der Waals surface area (Å²) in [4.78, 5) is 38.2. The molecule has 0 bridgehead atoms. The topological polar surface area (TPSA) is 149 Å². The third-order valence-electron chi connectivity index (χ3n) is 5.82. The molecule has 1 aliphatic carbocycles. The van der Waals surface area contributed by atoms with Gasteiger partial charge in [0.2, 0.25) is 5.91 Å². The standard InChI is InChI=1S/C25H25N9O3/c1-26-25(36)21-18(9-20(32-33-21)31-24(35)14-7-8-14)30-17-6-4-5-16(22(17)37-3)23-28-10-15(11-29-23)19-12-27-13-34(19)2/h4-6,9-14H,7-8H2,1-3H3,(H,26,36)(H2,30,31,32,35)/i1D3. The van der Waals surface area contributed by atoms with Crippen LogP contribution in [0.1, 0.15) is 27.4 Å². The van der Waals surface area contributed by atoms with E-state index in [0.717, 1.165) is 24.1 Å². The lowest BCUT2D eigenvalue weighted by Gasteiger charge is -2.16. The Hall–Kier alpha value is -4.87. The maximum atomic E-state index is 12.8. The van der Waals surface area contributed by atoms with E-state index < -0.39 is 12.9 Å². The van der Waals surface area contributed by atoms with Crippen molar-refractivity contribution in [2.24, 2.45) is 13.0 Å². The number of rotatable bonds is 8. The Labute approximate surface area is 216 Å². The molecule has 0 unspecified atom stereocenters.